The maximum Gasteiger partial charge on any atom is 0.253 e. The van der Waals surface area contributed by atoms with Crippen LogP contribution in [0.25, 0.3) is 0 Å². The molecular weight excluding hydrogens is 374 g/mol. The van der Waals surface area contributed by atoms with Gasteiger partial charge < -0.3 is 15.7 Å². The average molecular weight is 410 g/mol. The lowest BCUT2D eigenvalue weighted by molar-refractivity contribution is -0.137. The van der Waals surface area contributed by atoms with Gasteiger partial charge >= 0.3 is 0 Å². The topological polar surface area (TPSA) is 116 Å². The van der Waals surface area contributed by atoms with Gasteiger partial charge in [0, 0.05) is 31.7 Å². The van der Waals surface area contributed by atoms with Crippen LogP contribution in [0.1, 0.15) is 53.4 Å². The Morgan fingerprint density at radius 3 is 2.17 bits per heavy atom. The molecule has 8 heteroatoms. The molecule has 0 bridgehead atoms. The molecule has 1 aliphatic rings. The van der Waals surface area contributed by atoms with E-state index in [9.17, 15) is 24.3 Å². The van der Waals surface area contributed by atoms with Crippen molar-refractivity contribution in [3.63, 3.8) is 0 Å². The van der Waals surface area contributed by atoms with Crippen molar-refractivity contribution in [1.29, 1.82) is 0 Å². The smallest absolute Gasteiger partial charge is 0.253 e. The summed E-state index contributed by atoms with van der Waals surface area (Å²) in [6.07, 6.45) is 5.82. The van der Waals surface area contributed by atoms with Crippen molar-refractivity contribution in [2.75, 3.05) is 13.1 Å². The first-order chi connectivity index (χ1) is 13.6. The molecule has 3 N–H and O–H groups in total. The zero-order valence-corrected chi connectivity index (χ0v) is 17.9. The fraction of sp³-hybridized carbons (Fsp3) is 0.619. The highest BCUT2D eigenvalue weighted by atomic mass is 16.3. The number of hydrogen-bond acceptors (Lipinski definition) is 5. The fourth-order valence-electron chi connectivity index (χ4n) is 2.52. The van der Waals surface area contributed by atoms with Gasteiger partial charge in [-0.25, -0.2) is 0 Å². The molecule has 2 unspecified atom stereocenters. The van der Waals surface area contributed by atoms with Crippen LogP contribution in [0.15, 0.2) is 24.8 Å². The number of carbonyl (C=O) groups excluding carboxylic acids is 4. The van der Waals surface area contributed by atoms with Crippen molar-refractivity contribution < 1.29 is 24.3 Å². The van der Waals surface area contributed by atoms with E-state index in [0.29, 0.717) is 25.8 Å². The van der Waals surface area contributed by atoms with Gasteiger partial charge in [0.25, 0.3) is 11.8 Å². The minimum Gasteiger partial charge on any atom is -0.392 e. The molecule has 0 aromatic carbocycles. The summed E-state index contributed by atoms with van der Waals surface area (Å²) in [4.78, 5) is 48.1. The number of amides is 4. The number of rotatable bonds is 11. The van der Waals surface area contributed by atoms with Crippen LogP contribution in [0, 0.1) is 5.92 Å². The van der Waals surface area contributed by atoms with E-state index >= 15 is 0 Å². The fourth-order valence-corrected chi connectivity index (χ4v) is 2.52. The molecule has 0 fully saturated rings. The molecule has 29 heavy (non-hydrogen) atoms. The average Bonchev–Trinajstić information content (AvgIpc) is 2.96. The number of hydrogen-bond donors (Lipinski definition) is 3. The summed E-state index contributed by atoms with van der Waals surface area (Å²) in [6.45, 7) is 11.0. The van der Waals surface area contributed by atoms with Gasteiger partial charge in [-0.1, -0.05) is 26.3 Å². The number of imide groups is 1. The molecule has 1 heterocycles. The van der Waals surface area contributed by atoms with Crippen LogP contribution in [-0.2, 0) is 19.2 Å². The van der Waals surface area contributed by atoms with Crippen LogP contribution in [0.4, 0.5) is 0 Å². The van der Waals surface area contributed by atoms with Crippen molar-refractivity contribution in [3.8, 4) is 0 Å². The van der Waals surface area contributed by atoms with E-state index in [2.05, 4.69) is 17.2 Å². The lowest BCUT2D eigenvalue weighted by Crippen LogP contribution is -2.50. The van der Waals surface area contributed by atoms with Crippen molar-refractivity contribution in [2.45, 2.75) is 65.5 Å². The van der Waals surface area contributed by atoms with Gasteiger partial charge in [0.2, 0.25) is 11.8 Å². The summed E-state index contributed by atoms with van der Waals surface area (Å²) < 4.78 is 0. The Morgan fingerprint density at radius 1 is 1.14 bits per heavy atom. The number of aliphatic hydroxyl groups excluding tert-OH is 1. The molecule has 1 aliphatic heterocycles. The van der Waals surface area contributed by atoms with Crippen LogP contribution in [0.3, 0.4) is 0 Å². The second-order valence-electron chi connectivity index (χ2n) is 7.26. The summed E-state index contributed by atoms with van der Waals surface area (Å²) in [5.74, 6) is -1.20. The molecule has 0 aliphatic carbocycles. The van der Waals surface area contributed by atoms with Gasteiger partial charge in [0.05, 0.1) is 6.10 Å². The van der Waals surface area contributed by atoms with Crippen LogP contribution >= 0.6 is 0 Å². The minimum atomic E-state index is -0.646. The van der Waals surface area contributed by atoms with E-state index in [4.69, 9.17) is 0 Å². The van der Waals surface area contributed by atoms with E-state index in [1.54, 1.807) is 13.0 Å². The number of unbranched alkanes of at least 4 members (excludes halogenated alkanes) is 2. The summed E-state index contributed by atoms with van der Waals surface area (Å²) in [7, 11) is 0. The van der Waals surface area contributed by atoms with Gasteiger partial charge in [-0.2, -0.15) is 0 Å². The first-order valence-electron chi connectivity index (χ1n) is 9.99. The molecule has 4 amide bonds. The quantitative estimate of drug-likeness (QED) is 0.270. The largest absolute Gasteiger partial charge is 0.392 e. The van der Waals surface area contributed by atoms with Crippen molar-refractivity contribution in [2.24, 2.45) is 5.92 Å². The predicted octanol–water partition coefficient (Wildman–Crippen LogP) is 1.30. The van der Waals surface area contributed by atoms with Gasteiger partial charge in [0.1, 0.15) is 6.04 Å². The molecule has 0 saturated carbocycles. The molecule has 0 saturated heterocycles. The first-order valence-corrected chi connectivity index (χ1v) is 9.99. The lowest BCUT2D eigenvalue weighted by atomic mass is 10.0. The lowest BCUT2D eigenvalue weighted by Gasteiger charge is -2.22. The van der Waals surface area contributed by atoms with Crippen molar-refractivity contribution >= 4 is 23.6 Å². The normalized spacial score (nSPS) is 14.9. The molecule has 0 aromatic heterocycles. The zero-order chi connectivity index (χ0) is 22.4. The highest BCUT2D eigenvalue weighted by molar-refractivity contribution is 6.12. The molecule has 0 aromatic rings. The highest BCUT2D eigenvalue weighted by Crippen LogP contribution is 2.08. The molecule has 1 rings (SSSR count). The third kappa shape index (κ3) is 11.2. The zero-order valence-electron chi connectivity index (χ0n) is 17.9. The van der Waals surface area contributed by atoms with Gasteiger partial charge in [-0.3, -0.25) is 24.1 Å². The number of allylic oxidation sites excluding steroid dienone is 1. The molecular formula is C21H35N3O5. The Bertz CT molecular complexity index is 581. The number of aliphatic hydroxyl groups is 1. The van der Waals surface area contributed by atoms with Crippen molar-refractivity contribution in [1.82, 2.24) is 15.5 Å². The first kappa shape index (κ1) is 26.5. The molecule has 8 nitrogen and oxygen atoms in total. The second kappa shape index (κ2) is 14.5. The Labute approximate surface area is 173 Å². The Balaban J connectivity index is 0.00000245. The van der Waals surface area contributed by atoms with Crippen LogP contribution in [-0.4, -0.2) is 58.9 Å². The molecule has 164 valence electrons. The van der Waals surface area contributed by atoms with E-state index in [0.717, 1.165) is 0 Å². The summed E-state index contributed by atoms with van der Waals surface area (Å²) in [5, 5.41) is 14.6. The standard InChI is InChI=1S/C18H29N3O5.C3H6/c1-12(2)17(18(26)19-11-13(3)22)20-14(23)7-5-4-6-10-21-15(24)8-9-16(21)25;1-3-2/h8-9,12-13,17,22H,4-7,10-11H2,1-3H3,(H,19,26)(H,20,23);3H,1H2,2H3. The van der Waals surface area contributed by atoms with E-state index in [-0.39, 0.29) is 42.5 Å². The molecule has 2 atom stereocenters. The SMILES string of the molecule is C=CC.CC(O)CNC(=O)C(NC(=O)CCCCCN1C(=O)C=CC1=O)C(C)C. The van der Waals surface area contributed by atoms with Crippen LogP contribution in [0.5, 0.6) is 0 Å². The van der Waals surface area contributed by atoms with Gasteiger partial charge in [-0.05, 0) is 32.6 Å². The summed E-state index contributed by atoms with van der Waals surface area (Å²) in [6, 6.07) is -0.646. The number of carbonyl (C=O) groups is 4. The van der Waals surface area contributed by atoms with E-state index in [1.807, 2.05) is 20.8 Å². The Hall–Kier alpha value is -2.48. The number of nitrogens with zero attached hydrogens (tertiary/aromatic N) is 1. The van der Waals surface area contributed by atoms with Gasteiger partial charge in [0.15, 0.2) is 0 Å². The monoisotopic (exact) mass is 409 g/mol. The second-order valence-corrected chi connectivity index (χ2v) is 7.26. The van der Waals surface area contributed by atoms with Crippen LogP contribution in [0.2, 0.25) is 0 Å². The minimum absolute atomic E-state index is 0.0763. The number of nitrogens with one attached hydrogen (secondary N) is 2. The third-order valence-corrected chi connectivity index (χ3v) is 4.02. The van der Waals surface area contributed by atoms with Gasteiger partial charge in [-0.15, -0.1) is 6.58 Å². The van der Waals surface area contributed by atoms with E-state index in [1.165, 1.54) is 17.1 Å². The van der Waals surface area contributed by atoms with Crippen molar-refractivity contribution in [3.05, 3.63) is 24.8 Å². The Morgan fingerprint density at radius 2 is 1.69 bits per heavy atom. The molecule has 0 spiro atoms. The van der Waals surface area contributed by atoms with E-state index < -0.39 is 12.1 Å². The third-order valence-electron chi connectivity index (χ3n) is 4.02. The summed E-state index contributed by atoms with van der Waals surface area (Å²) >= 11 is 0. The summed E-state index contributed by atoms with van der Waals surface area (Å²) in [5.41, 5.74) is 0. The highest BCUT2D eigenvalue weighted by Gasteiger charge is 2.24. The maximum atomic E-state index is 12.1. The van der Waals surface area contributed by atoms with Crippen LogP contribution < -0.4 is 10.6 Å². The molecule has 0 radical (unpaired) electrons. The maximum absolute atomic E-state index is 12.1. The predicted molar refractivity (Wildman–Crippen MR) is 112 cm³/mol. The Kier molecular flexibility index (Phi) is 13.3.